The van der Waals surface area contributed by atoms with Crippen LogP contribution >= 0.6 is 11.6 Å². The molecule has 2 aliphatic rings. The first kappa shape index (κ1) is 28.6. The summed E-state index contributed by atoms with van der Waals surface area (Å²) in [6.45, 7) is 0. The first-order valence-electron chi connectivity index (χ1n) is 12.0. The summed E-state index contributed by atoms with van der Waals surface area (Å²) in [4.78, 5) is 41.6. The van der Waals surface area contributed by atoms with Gasteiger partial charge in [0.15, 0.2) is 0 Å². The molecule has 3 unspecified atom stereocenters. The predicted octanol–water partition coefficient (Wildman–Crippen LogP) is 5.57. The van der Waals surface area contributed by atoms with E-state index >= 15 is 0 Å². The van der Waals surface area contributed by atoms with Crippen molar-refractivity contribution in [3.8, 4) is 0 Å². The number of hydrogen-bond donors (Lipinski definition) is 1. The summed E-state index contributed by atoms with van der Waals surface area (Å²) in [5, 5.41) is 3.07. The number of carbonyl (C=O) groups excluding carboxylic acids is 3. The van der Waals surface area contributed by atoms with Crippen LogP contribution in [0, 0.1) is 11.8 Å². The van der Waals surface area contributed by atoms with Crippen molar-refractivity contribution in [1.29, 1.82) is 0 Å². The molecule has 2 aliphatic heterocycles. The zero-order valence-electron chi connectivity index (χ0n) is 20.9. The average Bonchev–Trinajstić information content (AvgIpc) is 3.42. The Balaban J connectivity index is 1.81. The first-order valence-corrected chi connectivity index (χ1v) is 12.4. The van der Waals surface area contributed by atoms with E-state index in [9.17, 15) is 40.7 Å². The molecule has 6 nitrogen and oxygen atoms in total. The van der Waals surface area contributed by atoms with Crippen LogP contribution in [-0.4, -0.2) is 30.9 Å². The van der Waals surface area contributed by atoms with Gasteiger partial charge < -0.3 is 4.74 Å². The molecule has 2 fully saturated rings. The van der Waals surface area contributed by atoms with Gasteiger partial charge in [-0.2, -0.15) is 26.3 Å². The third kappa shape index (κ3) is 4.64. The Hall–Kier alpha value is -3.90. The van der Waals surface area contributed by atoms with Crippen LogP contribution in [0.15, 0.2) is 72.8 Å². The molecule has 0 radical (unpaired) electrons. The molecule has 214 valence electrons. The lowest BCUT2D eigenvalue weighted by atomic mass is 9.71. The van der Waals surface area contributed by atoms with Crippen LogP contribution < -0.4 is 10.2 Å². The molecule has 3 aromatic rings. The lowest BCUT2D eigenvalue weighted by Crippen LogP contribution is -2.52. The highest BCUT2D eigenvalue weighted by Crippen LogP contribution is 2.53. The van der Waals surface area contributed by atoms with E-state index in [1.54, 1.807) is 0 Å². The number of imide groups is 1. The van der Waals surface area contributed by atoms with Gasteiger partial charge in [-0.05, 0) is 59.7 Å². The molecule has 3 atom stereocenters. The Morgan fingerprint density at radius 2 is 1.37 bits per heavy atom. The molecule has 2 saturated heterocycles. The zero-order valence-corrected chi connectivity index (χ0v) is 21.6. The van der Waals surface area contributed by atoms with E-state index in [1.807, 2.05) is 0 Å². The van der Waals surface area contributed by atoms with Crippen LogP contribution in [0.25, 0.3) is 0 Å². The van der Waals surface area contributed by atoms with Gasteiger partial charge in [0.2, 0.25) is 11.8 Å². The van der Waals surface area contributed by atoms with Crippen molar-refractivity contribution in [1.82, 2.24) is 5.32 Å². The number of benzene rings is 3. The number of amides is 2. The molecule has 5 rings (SSSR count). The lowest BCUT2D eigenvalue weighted by Gasteiger charge is -2.37. The van der Waals surface area contributed by atoms with E-state index in [4.69, 9.17) is 16.3 Å². The molecule has 2 heterocycles. The molecule has 0 aromatic heterocycles. The number of fused-ring (bicyclic) bond motifs is 1. The second-order valence-corrected chi connectivity index (χ2v) is 10.0. The Morgan fingerprint density at radius 1 is 0.854 bits per heavy atom. The minimum atomic E-state index is -4.85. The summed E-state index contributed by atoms with van der Waals surface area (Å²) in [5.74, 6) is -6.02. The quantitative estimate of drug-likeness (QED) is 0.242. The number of alkyl halides is 6. The van der Waals surface area contributed by atoms with E-state index < -0.39 is 64.7 Å². The van der Waals surface area contributed by atoms with E-state index in [0.717, 1.165) is 36.3 Å². The van der Waals surface area contributed by atoms with Gasteiger partial charge in [-0.1, -0.05) is 35.9 Å². The van der Waals surface area contributed by atoms with Gasteiger partial charge in [-0.3, -0.25) is 19.7 Å². The molecular formula is C28H19ClF6N2O4. The number of nitrogens with zero attached hydrogens (tertiary/aromatic N) is 1. The normalized spacial score (nSPS) is 22.1. The van der Waals surface area contributed by atoms with Crippen molar-refractivity contribution in [2.75, 3.05) is 12.0 Å². The van der Waals surface area contributed by atoms with Crippen molar-refractivity contribution < 1.29 is 45.5 Å². The van der Waals surface area contributed by atoms with Crippen molar-refractivity contribution in [2.45, 2.75) is 23.9 Å². The van der Waals surface area contributed by atoms with Crippen molar-refractivity contribution >= 4 is 35.1 Å². The number of esters is 1. The number of hydrogen-bond acceptors (Lipinski definition) is 5. The van der Waals surface area contributed by atoms with Crippen LogP contribution in [0.5, 0.6) is 0 Å². The fourth-order valence-corrected chi connectivity index (χ4v) is 5.78. The third-order valence-electron chi connectivity index (χ3n) is 7.39. The summed E-state index contributed by atoms with van der Waals surface area (Å²) in [5.41, 5.74) is -4.95. The standard InChI is InChI=1S/C28H19ClF6N2O4/c1-41-25(40)22-20-21(24(39)37(23(20)38)19-10-8-18(29)9-11-19)26(36-22,14-4-2-6-16(12-14)27(30,31)32)15-5-3-7-17(13-15)28(33,34)35/h2-13,20-22,36H,1H3. The molecule has 0 bridgehead atoms. The van der Waals surface area contributed by atoms with Crippen LogP contribution in [-0.2, 0) is 37.0 Å². The Labute approximate surface area is 233 Å². The molecule has 41 heavy (non-hydrogen) atoms. The second-order valence-electron chi connectivity index (χ2n) is 9.60. The van der Waals surface area contributed by atoms with Crippen LogP contribution in [0.2, 0.25) is 5.02 Å². The van der Waals surface area contributed by atoms with E-state index in [-0.39, 0.29) is 21.8 Å². The Bertz CT molecular complexity index is 1480. The highest BCUT2D eigenvalue weighted by Gasteiger charge is 2.68. The van der Waals surface area contributed by atoms with Gasteiger partial charge in [-0.25, -0.2) is 4.90 Å². The highest BCUT2D eigenvalue weighted by molar-refractivity contribution is 6.31. The molecule has 2 amide bonds. The summed E-state index contributed by atoms with van der Waals surface area (Å²) in [7, 11) is 1.01. The van der Waals surface area contributed by atoms with Gasteiger partial charge in [0, 0.05) is 5.02 Å². The molecule has 1 N–H and O–H groups in total. The minimum absolute atomic E-state index is 0.0596. The third-order valence-corrected chi connectivity index (χ3v) is 7.64. The second kappa shape index (κ2) is 9.88. The number of carbonyl (C=O) groups is 3. The number of methoxy groups -OCH3 is 1. The van der Waals surface area contributed by atoms with Crippen LogP contribution in [0.1, 0.15) is 22.3 Å². The molecular weight excluding hydrogens is 578 g/mol. The maximum absolute atomic E-state index is 14.1. The lowest BCUT2D eigenvalue weighted by molar-refractivity contribution is -0.145. The van der Waals surface area contributed by atoms with Crippen molar-refractivity contribution in [3.63, 3.8) is 0 Å². The summed E-state index contributed by atoms with van der Waals surface area (Å²) >= 11 is 5.94. The zero-order chi connectivity index (χ0) is 29.9. The first-order chi connectivity index (χ1) is 19.2. The molecule has 0 spiro atoms. The SMILES string of the molecule is COC(=O)C1NC(c2cccc(C(F)(F)F)c2)(c2cccc(C(F)(F)F)c2)C2C(=O)N(c3ccc(Cl)cc3)C(=O)C12. The molecule has 13 heteroatoms. The highest BCUT2D eigenvalue weighted by atomic mass is 35.5. The number of halogens is 7. The van der Waals surface area contributed by atoms with E-state index in [1.165, 1.54) is 36.4 Å². The predicted molar refractivity (Wildman–Crippen MR) is 134 cm³/mol. The monoisotopic (exact) mass is 596 g/mol. The maximum atomic E-state index is 14.1. The fourth-order valence-electron chi connectivity index (χ4n) is 5.66. The fraction of sp³-hybridized carbons (Fsp3) is 0.250. The number of ether oxygens (including phenoxy) is 1. The number of nitrogens with one attached hydrogen (secondary N) is 1. The van der Waals surface area contributed by atoms with Gasteiger partial charge >= 0.3 is 18.3 Å². The Kier molecular flexibility index (Phi) is 6.90. The van der Waals surface area contributed by atoms with E-state index in [2.05, 4.69) is 5.32 Å². The largest absolute Gasteiger partial charge is 0.468 e. The van der Waals surface area contributed by atoms with Gasteiger partial charge in [0.05, 0.1) is 41.3 Å². The summed E-state index contributed by atoms with van der Waals surface area (Å²) in [6, 6.07) is 11.3. The maximum Gasteiger partial charge on any atom is 0.416 e. The van der Waals surface area contributed by atoms with Gasteiger partial charge in [-0.15, -0.1) is 0 Å². The van der Waals surface area contributed by atoms with Crippen molar-refractivity contribution in [2.24, 2.45) is 11.8 Å². The van der Waals surface area contributed by atoms with E-state index in [0.29, 0.717) is 12.1 Å². The number of rotatable bonds is 4. The van der Waals surface area contributed by atoms with Crippen LogP contribution in [0.4, 0.5) is 32.0 Å². The van der Waals surface area contributed by atoms with Gasteiger partial charge in [0.25, 0.3) is 0 Å². The smallest absolute Gasteiger partial charge is 0.416 e. The summed E-state index contributed by atoms with van der Waals surface area (Å²) in [6.07, 6.45) is -9.70. The summed E-state index contributed by atoms with van der Waals surface area (Å²) < 4.78 is 87.7. The number of anilines is 1. The topological polar surface area (TPSA) is 75.7 Å². The van der Waals surface area contributed by atoms with Crippen LogP contribution in [0.3, 0.4) is 0 Å². The minimum Gasteiger partial charge on any atom is -0.468 e. The average molecular weight is 597 g/mol. The molecule has 3 aromatic carbocycles. The van der Waals surface area contributed by atoms with Gasteiger partial charge in [0.1, 0.15) is 6.04 Å². The molecule has 0 aliphatic carbocycles. The van der Waals surface area contributed by atoms with Crippen molar-refractivity contribution in [3.05, 3.63) is 100 Å². The Morgan fingerprint density at radius 3 is 1.83 bits per heavy atom. The molecule has 0 saturated carbocycles.